The average Bonchev–Trinajstić information content (AvgIpc) is 2.61. The van der Waals surface area contributed by atoms with Gasteiger partial charge in [-0.1, -0.05) is 19.3 Å². The van der Waals surface area contributed by atoms with Crippen LogP contribution in [0.25, 0.3) is 0 Å². The summed E-state index contributed by atoms with van der Waals surface area (Å²) in [6.45, 7) is 0. The number of hydrogen-bond acceptors (Lipinski definition) is 1. The van der Waals surface area contributed by atoms with Crippen molar-refractivity contribution in [3.05, 3.63) is 0 Å². The molecular formula is C12H20O. The van der Waals surface area contributed by atoms with Gasteiger partial charge in [0.25, 0.3) is 0 Å². The Morgan fingerprint density at radius 3 is 2.15 bits per heavy atom. The third-order valence-corrected chi connectivity index (χ3v) is 4.38. The first kappa shape index (κ1) is 8.28. The largest absolute Gasteiger partial charge is 0.374 e. The summed E-state index contributed by atoms with van der Waals surface area (Å²) in [6.07, 6.45) is 12.7. The summed E-state index contributed by atoms with van der Waals surface area (Å²) >= 11 is 0. The Bertz CT molecular complexity index is 170. The van der Waals surface area contributed by atoms with Crippen LogP contribution in [0, 0.1) is 11.8 Å². The molecule has 2 saturated carbocycles. The average molecular weight is 180 g/mol. The smallest absolute Gasteiger partial charge is 0.0607 e. The lowest BCUT2D eigenvalue weighted by Gasteiger charge is -2.41. The molecular weight excluding hydrogens is 160 g/mol. The highest BCUT2D eigenvalue weighted by molar-refractivity contribution is 4.90. The van der Waals surface area contributed by atoms with Crippen molar-refractivity contribution in [3.63, 3.8) is 0 Å². The zero-order chi connectivity index (χ0) is 8.67. The highest BCUT2D eigenvalue weighted by Crippen LogP contribution is 2.44. The summed E-state index contributed by atoms with van der Waals surface area (Å²) in [5.74, 6) is 1.88. The quantitative estimate of drug-likeness (QED) is 0.556. The molecule has 3 fully saturated rings. The van der Waals surface area contributed by atoms with E-state index < -0.39 is 0 Å². The Kier molecular flexibility index (Phi) is 2.08. The predicted molar refractivity (Wildman–Crippen MR) is 52.6 cm³/mol. The fraction of sp³-hybridized carbons (Fsp3) is 1.00. The lowest BCUT2D eigenvalue weighted by Crippen LogP contribution is -2.40. The van der Waals surface area contributed by atoms with E-state index in [0.29, 0.717) is 12.2 Å². The van der Waals surface area contributed by atoms with Gasteiger partial charge >= 0.3 is 0 Å². The van der Waals surface area contributed by atoms with Gasteiger partial charge in [-0.05, 0) is 43.9 Å². The van der Waals surface area contributed by atoms with Gasteiger partial charge in [0.1, 0.15) is 0 Å². The van der Waals surface area contributed by atoms with E-state index >= 15 is 0 Å². The van der Waals surface area contributed by atoms with Crippen LogP contribution in [0.15, 0.2) is 0 Å². The zero-order valence-electron chi connectivity index (χ0n) is 8.37. The summed E-state index contributed by atoms with van der Waals surface area (Å²) < 4.78 is 6.21. The number of hydrogen-bond donors (Lipinski definition) is 0. The molecule has 0 aromatic heterocycles. The van der Waals surface area contributed by atoms with Crippen LogP contribution in [0.5, 0.6) is 0 Å². The van der Waals surface area contributed by atoms with E-state index in [2.05, 4.69) is 0 Å². The Morgan fingerprint density at radius 1 is 0.692 bits per heavy atom. The number of rotatable bonds is 0. The molecule has 0 radical (unpaired) electrons. The second-order valence-electron chi connectivity index (χ2n) is 5.18. The van der Waals surface area contributed by atoms with Crippen LogP contribution in [0.1, 0.15) is 51.4 Å². The van der Waals surface area contributed by atoms with Crippen LogP contribution in [-0.4, -0.2) is 12.2 Å². The first-order valence-corrected chi connectivity index (χ1v) is 6.09. The van der Waals surface area contributed by atoms with Gasteiger partial charge in [-0.25, -0.2) is 0 Å². The van der Waals surface area contributed by atoms with E-state index in [0.717, 1.165) is 11.8 Å². The first-order valence-electron chi connectivity index (χ1n) is 6.09. The molecule has 1 saturated heterocycles. The van der Waals surface area contributed by atoms with Crippen molar-refractivity contribution in [2.45, 2.75) is 63.6 Å². The van der Waals surface area contributed by atoms with Crippen molar-refractivity contribution in [1.29, 1.82) is 0 Å². The molecule has 2 aliphatic carbocycles. The molecule has 3 aliphatic rings. The maximum Gasteiger partial charge on any atom is 0.0607 e. The second kappa shape index (κ2) is 3.27. The molecule has 0 spiro atoms. The van der Waals surface area contributed by atoms with Gasteiger partial charge in [0.15, 0.2) is 0 Å². The van der Waals surface area contributed by atoms with Crippen molar-refractivity contribution < 1.29 is 4.74 Å². The topological polar surface area (TPSA) is 9.23 Å². The Hall–Kier alpha value is -0.0400. The van der Waals surface area contributed by atoms with Crippen molar-refractivity contribution in [2.75, 3.05) is 0 Å². The molecule has 0 bridgehead atoms. The molecule has 0 amide bonds. The summed E-state index contributed by atoms with van der Waals surface area (Å²) in [5.41, 5.74) is 0. The maximum absolute atomic E-state index is 6.21. The highest BCUT2D eigenvalue weighted by atomic mass is 16.5. The maximum atomic E-state index is 6.21. The molecule has 1 nitrogen and oxygen atoms in total. The summed E-state index contributed by atoms with van der Waals surface area (Å²) in [7, 11) is 0. The third-order valence-electron chi connectivity index (χ3n) is 4.38. The van der Waals surface area contributed by atoms with Crippen LogP contribution < -0.4 is 0 Å². The molecule has 13 heavy (non-hydrogen) atoms. The van der Waals surface area contributed by atoms with Gasteiger partial charge < -0.3 is 4.74 Å². The fourth-order valence-corrected chi connectivity index (χ4v) is 3.69. The van der Waals surface area contributed by atoms with Crippen molar-refractivity contribution in [1.82, 2.24) is 0 Å². The standard InChI is InChI=1S/C12H20O/c1-2-6-11-9(4-1)8-10-5-3-7-12(10)13-11/h9-12H,1-8H2. The second-order valence-corrected chi connectivity index (χ2v) is 5.18. The van der Waals surface area contributed by atoms with Gasteiger partial charge in [-0.15, -0.1) is 0 Å². The monoisotopic (exact) mass is 180 g/mol. The summed E-state index contributed by atoms with van der Waals surface area (Å²) in [4.78, 5) is 0. The SMILES string of the molecule is C1CCC2OC3CCCC3CC2C1. The zero-order valence-corrected chi connectivity index (χ0v) is 8.37. The molecule has 0 aromatic rings. The molecule has 1 aliphatic heterocycles. The van der Waals surface area contributed by atoms with Crippen molar-refractivity contribution in [3.8, 4) is 0 Å². The van der Waals surface area contributed by atoms with E-state index in [-0.39, 0.29) is 0 Å². The van der Waals surface area contributed by atoms with Crippen LogP contribution >= 0.6 is 0 Å². The van der Waals surface area contributed by atoms with Crippen LogP contribution in [0.3, 0.4) is 0 Å². The van der Waals surface area contributed by atoms with Gasteiger partial charge in [0.05, 0.1) is 12.2 Å². The lowest BCUT2D eigenvalue weighted by molar-refractivity contribution is -0.117. The minimum Gasteiger partial charge on any atom is -0.374 e. The van der Waals surface area contributed by atoms with E-state index in [1.807, 2.05) is 0 Å². The van der Waals surface area contributed by atoms with E-state index in [1.54, 1.807) is 0 Å². The van der Waals surface area contributed by atoms with Crippen LogP contribution in [-0.2, 0) is 4.74 Å². The summed E-state index contributed by atoms with van der Waals surface area (Å²) in [6, 6.07) is 0. The van der Waals surface area contributed by atoms with E-state index in [9.17, 15) is 0 Å². The van der Waals surface area contributed by atoms with E-state index in [4.69, 9.17) is 4.74 Å². The van der Waals surface area contributed by atoms with Gasteiger partial charge in [0, 0.05) is 0 Å². The number of ether oxygens (including phenoxy) is 1. The van der Waals surface area contributed by atoms with Crippen LogP contribution in [0.2, 0.25) is 0 Å². The van der Waals surface area contributed by atoms with Crippen molar-refractivity contribution in [2.24, 2.45) is 11.8 Å². The predicted octanol–water partition coefficient (Wildman–Crippen LogP) is 3.13. The van der Waals surface area contributed by atoms with E-state index in [1.165, 1.54) is 51.4 Å². The minimum absolute atomic E-state index is 0.660. The van der Waals surface area contributed by atoms with Crippen LogP contribution in [0.4, 0.5) is 0 Å². The first-order chi connectivity index (χ1) is 6.43. The third kappa shape index (κ3) is 1.41. The molecule has 1 heterocycles. The highest BCUT2D eigenvalue weighted by Gasteiger charge is 2.40. The van der Waals surface area contributed by atoms with Gasteiger partial charge in [-0.3, -0.25) is 0 Å². The molecule has 4 atom stereocenters. The Balaban J connectivity index is 1.71. The molecule has 0 aromatic carbocycles. The Labute approximate surface area is 80.8 Å². The van der Waals surface area contributed by atoms with Gasteiger partial charge in [-0.2, -0.15) is 0 Å². The summed E-state index contributed by atoms with van der Waals surface area (Å²) in [5, 5.41) is 0. The van der Waals surface area contributed by atoms with Gasteiger partial charge in [0.2, 0.25) is 0 Å². The molecule has 74 valence electrons. The fourth-order valence-electron chi connectivity index (χ4n) is 3.69. The normalized spacial score (nSPS) is 49.8. The molecule has 1 heteroatoms. The lowest BCUT2D eigenvalue weighted by atomic mass is 9.77. The van der Waals surface area contributed by atoms with Crippen molar-refractivity contribution >= 4 is 0 Å². The molecule has 4 unspecified atom stereocenters. The Morgan fingerprint density at radius 2 is 1.31 bits per heavy atom. The molecule has 0 N–H and O–H groups in total. The molecule has 3 rings (SSSR count). The number of fused-ring (bicyclic) bond motifs is 2. The minimum atomic E-state index is 0.660.